The fourth-order valence-electron chi connectivity index (χ4n) is 3.10. The number of nitrogens with zero attached hydrogens (tertiary/aromatic N) is 1. The van der Waals surface area contributed by atoms with Gasteiger partial charge in [0.2, 0.25) is 5.91 Å². The van der Waals surface area contributed by atoms with E-state index in [-0.39, 0.29) is 18.4 Å². The van der Waals surface area contributed by atoms with Crippen molar-refractivity contribution < 1.29 is 9.59 Å². The number of hydrogen-bond acceptors (Lipinski definition) is 3. The lowest BCUT2D eigenvalue weighted by molar-refractivity contribution is -0.114. The van der Waals surface area contributed by atoms with E-state index in [0.717, 1.165) is 48.4 Å². The van der Waals surface area contributed by atoms with Gasteiger partial charge in [-0.3, -0.25) is 9.59 Å². The minimum absolute atomic E-state index is 0.0849. The summed E-state index contributed by atoms with van der Waals surface area (Å²) in [6.45, 7) is 5.88. The molecule has 5 heteroatoms. The minimum Gasteiger partial charge on any atom is -0.376 e. The summed E-state index contributed by atoms with van der Waals surface area (Å²) >= 11 is 0. The Balaban J connectivity index is 1.53. The lowest BCUT2D eigenvalue weighted by atomic mass is 10.1. The van der Waals surface area contributed by atoms with Gasteiger partial charge < -0.3 is 15.5 Å². The zero-order valence-electron chi connectivity index (χ0n) is 15.3. The molecule has 0 aromatic heterocycles. The third-order valence-corrected chi connectivity index (χ3v) is 4.86. The number of hydrogen-bond donors (Lipinski definition) is 2. The monoisotopic (exact) mass is 351 g/mol. The van der Waals surface area contributed by atoms with Gasteiger partial charge in [-0.25, -0.2) is 0 Å². The summed E-state index contributed by atoms with van der Waals surface area (Å²) in [4.78, 5) is 26.4. The number of anilines is 2. The first-order valence-corrected chi connectivity index (χ1v) is 9.04. The van der Waals surface area contributed by atoms with E-state index in [1.165, 1.54) is 0 Å². The van der Waals surface area contributed by atoms with Gasteiger partial charge >= 0.3 is 0 Å². The molecule has 2 aromatic carbocycles. The highest BCUT2D eigenvalue weighted by Crippen LogP contribution is 2.18. The van der Waals surface area contributed by atoms with E-state index in [0.29, 0.717) is 5.56 Å². The van der Waals surface area contributed by atoms with Gasteiger partial charge in [0.1, 0.15) is 0 Å². The van der Waals surface area contributed by atoms with Gasteiger partial charge in [-0.15, -0.1) is 0 Å². The Labute approximate surface area is 154 Å². The van der Waals surface area contributed by atoms with Gasteiger partial charge in [-0.2, -0.15) is 0 Å². The minimum atomic E-state index is -0.101. The molecule has 3 rings (SSSR count). The Hall–Kier alpha value is -2.82. The molecule has 0 aliphatic carbocycles. The van der Waals surface area contributed by atoms with Crippen LogP contribution in [0.15, 0.2) is 42.5 Å². The molecule has 136 valence electrons. The highest BCUT2D eigenvalue weighted by atomic mass is 16.2. The number of amides is 2. The molecule has 1 saturated heterocycles. The Morgan fingerprint density at radius 1 is 1.00 bits per heavy atom. The molecule has 1 heterocycles. The first-order chi connectivity index (χ1) is 12.5. The second-order valence-electron chi connectivity index (χ2n) is 6.73. The van der Waals surface area contributed by atoms with Gasteiger partial charge in [-0.05, 0) is 68.1 Å². The second-order valence-corrected chi connectivity index (χ2v) is 6.73. The molecule has 1 fully saturated rings. The molecular weight excluding hydrogens is 326 g/mol. The van der Waals surface area contributed by atoms with Gasteiger partial charge in [-0.1, -0.05) is 12.1 Å². The molecule has 26 heavy (non-hydrogen) atoms. The summed E-state index contributed by atoms with van der Waals surface area (Å²) in [5, 5.41) is 6.02. The van der Waals surface area contributed by atoms with Crippen molar-refractivity contribution in [2.75, 3.05) is 30.3 Å². The highest BCUT2D eigenvalue weighted by Gasteiger charge is 2.19. The molecule has 1 aliphatic heterocycles. The number of rotatable bonds is 5. The van der Waals surface area contributed by atoms with Crippen molar-refractivity contribution in [2.45, 2.75) is 26.7 Å². The topological polar surface area (TPSA) is 61.4 Å². The molecule has 2 aromatic rings. The van der Waals surface area contributed by atoms with E-state index in [2.05, 4.69) is 10.6 Å². The van der Waals surface area contributed by atoms with E-state index < -0.39 is 0 Å². The maximum atomic E-state index is 12.3. The molecule has 0 spiro atoms. The van der Waals surface area contributed by atoms with Crippen LogP contribution >= 0.6 is 0 Å². The van der Waals surface area contributed by atoms with Crippen molar-refractivity contribution >= 4 is 23.2 Å². The Kier molecular flexibility index (Phi) is 5.56. The van der Waals surface area contributed by atoms with Crippen LogP contribution in [0.5, 0.6) is 0 Å². The number of likely N-dealkylation sites (tertiary alicyclic amines) is 1. The lowest BCUT2D eigenvalue weighted by Crippen LogP contribution is -2.27. The quantitative estimate of drug-likeness (QED) is 0.865. The highest BCUT2D eigenvalue weighted by molar-refractivity contribution is 5.96. The van der Waals surface area contributed by atoms with Gasteiger partial charge in [0, 0.05) is 30.0 Å². The molecule has 0 atom stereocenters. The zero-order chi connectivity index (χ0) is 18.5. The lowest BCUT2D eigenvalue weighted by Gasteiger charge is -2.15. The molecule has 1 aliphatic rings. The van der Waals surface area contributed by atoms with Crippen LogP contribution in [-0.4, -0.2) is 36.3 Å². The molecule has 0 radical (unpaired) electrons. The molecule has 2 amide bonds. The largest absolute Gasteiger partial charge is 0.376 e. The number of carbonyl (C=O) groups is 2. The Morgan fingerprint density at radius 3 is 2.38 bits per heavy atom. The van der Waals surface area contributed by atoms with Gasteiger partial charge in [0.05, 0.1) is 6.54 Å². The number of aryl methyl sites for hydroxylation is 1. The molecule has 0 unspecified atom stereocenters. The maximum absolute atomic E-state index is 12.3. The fourth-order valence-corrected chi connectivity index (χ4v) is 3.10. The first-order valence-electron chi connectivity index (χ1n) is 9.04. The predicted octanol–water partition coefficient (Wildman–Crippen LogP) is 3.59. The number of benzene rings is 2. The van der Waals surface area contributed by atoms with E-state index in [4.69, 9.17) is 0 Å². The van der Waals surface area contributed by atoms with Crippen LogP contribution in [0, 0.1) is 13.8 Å². The summed E-state index contributed by atoms with van der Waals surface area (Å²) in [6, 6.07) is 13.2. The van der Waals surface area contributed by atoms with Crippen molar-refractivity contribution in [3.05, 3.63) is 59.2 Å². The summed E-state index contributed by atoms with van der Waals surface area (Å²) in [7, 11) is 0. The summed E-state index contributed by atoms with van der Waals surface area (Å²) in [6.07, 6.45) is 2.17. The summed E-state index contributed by atoms with van der Waals surface area (Å²) in [5.41, 5.74) is 4.57. The van der Waals surface area contributed by atoms with Crippen LogP contribution in [0.2, 0.25) is 0 Å². The number of carbonyl (C=O) groups excluding carboxylic acids is 2. The predicted molar refractivity (Wildman–Crippen MR) is 105 cm³/mol. The van der Waals surface area contributed by atoms with E-state index in [1.807, 2.05) is 61.2 Å². The summed E-state index contributed by atoms with van der Waals surface area (Å²) < 4.78 is 0. The maximum Gasteiger partial charge on any atom is 0.253 e. The average Bonchev–Trinajstić information content (AvgIpc) is 3.18. The van der Waals surface area contributed by atoms with E-state index in [9.17, 15) is 9.59 Å². The molecular formula is C21H25N3O2. The van der Waals surface area contributed by atoms with Crippen LogP contribution in [-0.2, 0) is 4.79 Å². The van der Waals surface area contributed by atoms with Crippen LogP contribution in [0.3, 0.4) is 0 Å². The van der Waals surface area contributed by atoms with E-state index in [1.54, 1.807) is 0 Å². The average molecular weight is 351 g/mol. The van der Waals surface area contributed by atoms with Crippen LogP contribution in [0.1, 0.15) is 34.3 Å². The standard InChI is InChI=1S/C21H25N3O2/c1-15-6-5-7-19(16(15)2)23-20(25)14-22-18-10-8-17(9-11-18)21(26)24-12-3-4-13-24/h5-11,22H,3-4,12-14H2,1-2H3,(H,23,25). The van der Waals surface area contributed by atoms with Crippen LogP contribution < -0.4 is 10.6 Å². The van der Waals surface area contributed by atoms with Crippen molar-refractivity contribution in [2.24, 2.45) is 0 Å². The Morgan fingerprint density at radius 2 is 1.69 bits per heavy atom. The molecule has 5 nitrogen and oxygen atoms in total. The molecule has 0 bridgehead atoms. The molecule has 0 saturated carbocycles. The van der Waals surface area contributed by atoms with Crippen LogP contribution in [0.4, 0.5) is 11.4 Å². The first kappa shape index (κ1) is 18.0. The van der Waals surface area contributed by atoms with Crippen molar-refractivity contribution in [1.29, 1.82) is 0 Å². The smallest absolute Gasteiger partial charge is 0.253 e. The third-order valence-electron chi connectivity index (χ3n) is 4.86. The van der Waals surface area contributed by atoms with Crippen molar-refractivity contribution in [1.82, 2.24) is 4.90 Å². The second kappa shape index (κ2) is 8.04. The summed E-state index contributed by atoms with van der Waals surface area (Å²) in [5.74, 6) is -0.0161. The zero-order valence-corrected chi connectivity index (χ0v) is 15.3. The van der Waals surface area contributed by atoms with Gasteiger partial charge in [0.25, 0.3) is 5.91 Å². The normalized spacial score (nSPS) is 13.5. The van der Waals surface area contributed by atoms with Crippen molar-refractivity contribution in [3.8, 4) is 0 Å². The van der Waals surface area contributed by atoms with Gasteiger partial charge in [0.15, 0.2) is 0 Å². The fraction of sp³-hybridized carbons (Fsp3) is 0.333. The van der Waals surface area contributed by atoms with Crippen LogP contribution in [0.25, 0.3) is 0 Å². The number of nitrogens with one attached hydrogen (secondary N) is 2. The van der Waals surface area contributed by atoms with E-state index >= 15 is 0 Å². The van der Waals surface area contributed by atoms with Crippen molar-refractivity contribution in [3.63, 3.8) is 0 Å². The third kappa shape index (κ3) is 4.23. The SMILES string of the molecule is Cc1cccc(NC(=O)CNc2ccc(C(=O)N3CCCC3)cc2)c1C. The molecule has 2 N–H and O–H groups in total. The Bertz CT molecular complexity index is 793.